The van der Waals surface area contributed by atoms with E-state index in [0.717, 1.165) is 6.20 Å². The molecule has 0 aromatic heterocycles. The molecule has 2 rings (SSSR count). The molecule has 0 aliphatic rings. The van der Waals surface area contributed by atoms with Gasteiger partial charge in [0.15, 0.2) is 0 Å². The third-order valence-corrected chi connectivity index (χ3v) is 4.36. The van der Waals surface area contributed by atoms with Crippen LogP contribution in [-0.4, -0.2) is 49.9 Å². The fourth-order valence-electron chi connectivity index (χ4n) is 2.84. The highest BCUT2D eigenvalue weighted by molar-refractivity contribution is 6.72. The van der Waals surface area contributed by atoms with Crippen molar-refractivity contribution in [2.45, 2.75) is 6.04 Å². The van der Waals surface area contributed by atoms with E-state index in [9.17, 15) is 10.0 Å². The lowest BCUT2D eigenvalue weighted by Gasteiger charge is -2.21. The van der Waals surface area contributed by atoms with E-state index in [4.69, 9.17) is 20.6 Å². The fourth-order valence-corrected chi connectivity index (χ4v) is 2.84. The van der Waals surface area contributed by atoms with Crippen LogP contribution in [0.3, 0.4) is 0 Å². The number of ketones is 1. The Labute approximate surface area is 180 Å². The molecule has 0 heterocycles. The van der Waals surface area contributed by atoms with Gasteiger partial charge in [-0.2, -0.15) is 0 Å². The van der Waals surface area contributed by atoms with Crippen molar-refractivity contribution in [1.82, 2.24) is 0 Å². The van der Waals surface area contributed by atoms with Gasteiger partial charge in [0.2, 0.25) is 5.78 Å². The third-order valence-electron chi connectivity index (χ3n) is 4.36. The number of hydrogen-bond donors (Lipinski definition) is 4. The Morgan fingerprint density at radius 3 is 2.26 bits per heavy atom. The van der Waals surface area contributed by atoms with Gasteiger partial charge in [0, 0.05) is 48.9 Å². The van der Waals surface area contributed by atoms with Crippen LogP contribution in [0.4, 0.5) is 5.69 Å². The quantitative estimate of drug-likeness (QED) is 0.263. The maximum Gasteiger partial charge on any atom is 0.209 e. The normalized spacial score (nSPS) is 13.0. The number of carbonyl (C=O) groups excluding carboxylic acids is 1. The molecule has 2 aromatic carbocycles. The molecular formula is C22H25N5O4. The van der Waals surface area contributed by atoms with Gasteiger partial charge in [0.1, 0.15) is 29.0 Å². The summed E-state index contributed by atoms with van der Waals surface area (Å²) in [7, 11) is 4.54. The number of oxime groups is 1. The van der Waals surface area contributed by atoms with Crippen LogP contribution in [-0.2, 0) is 4.79 Å². The Balaban J connectivity index is 2.48. The number of carbonyl (C=O) groups is 1. The summed E-state index contributed by atoms with van der Waals surface area (Å²) in [5.41, 5.74) is 6.02. The van der Waals surface area contributed by atoms with Crippen LogP contribution in [0.2, 0.25) is 0 Å². The molecular weight excluding hydrogens is 398 g/mol. The van der Waals surface area contributed by atoms with Crippen LogP contribution in [0.1, 0.15) is 11.6 Å². The van der Waals surface area contributed by atoms with Gasteiger partial charge in [0.05, 0.1) is 14.2 Å². The fraction of sp³-hybridized carbons (Fsp3) is 0.182. The van der Waals surface area contributed by atoms with Gasteiger partial charge in [-0.25, -0.2) is 0 Å². The summed E-state index contributed by atoms with van der Waals surface area (Å²) >= 11 is 0. The number of rotatable bonds is 10. The molecule has 0 aliphatic carbocycles. The molecule has 0 spiro atoms. The molecule has 9 nitrogen and oxygen atoms in total. The van der Waals surface area contributed by atoms with Crippen molar-refractivity contribution in [1.29, 1.82) is 5.41 Å². The van der Waals surface area contributed by atoms with Crippen molar-refractivity contribution in [2.24, 2.45) is 15.9 Å². The number of aliphatic imine (C=N–C) groups is 1. The van der Waals surface area contributed by atoms with E-state index in [1.807, 2.05) is 6.07 Å². The van der Waals surface area contributed by atoms with E-state index in [0.29, 0.717) is 22.7 Å². The van der Waals surface area contributed by atoms with Crippen molar-refractivity contribution in [2.75, 3.05) is 26.6 Å². The Bertz CT molecular complexity index is 994. The molecule has 0 fully saturated rings. The molecule has 0 radical (unpaired) electrons. The van der Waals surface area contributed by atoms with Crippen LogP contribution in [0.5, 0.6) is 11.5 Å². The van der Waals surface area contributed by atoms with Crippen LogP contribution >= 0.6 is 0 Å². The predicted molar refractivity (Wildman–Crippen MR) is 121 cm³/mol. The Morgan fingerprint density at radius 1 is 1.16 bits per heavy atom. The van der Waals surface area contributed by atoms with Gasteiger partial charge >= 0.3 is 0 Å². The second-order valence-electron chi connectivity index (χ2n) is 6.29. The molecule has 1 atom stereocenters. The van der Waals surface area contributed by atoms with Gasteiger partial charge in [-0.1, -0.05) is 35.5 Å². The molecule has 2 aromatic rings. The largest absolute Gasteiger partial charge is 0.497 e. The number of nitrogens with two attached hydrogens (primary N) is 1. The van der Waals surface area contributed by atoms with E-state index in [1.165, 1.54) is 27.5 Å². The summed E-state index contributed by atoms with van der Waals surface area (Å²) in [4.78, 5) is 17.1. The first-order chi connectivity index (χ1) is 15.0. The summed E-state index contributed by atoms with van der Waals surface area (Å²) in [6.45, 7) is 0. The van der Waals surface area contributed by atoms with Gasteiger partial charge in [-0.3, -0.25) is 15.2 Å². The number of ether oxygens (including phenoxy) is 2. The zero-order chi connectivity index (χ0) is 22.8. The number of nitrogens with zero attached hydrogens (tertiary/aromatic N) is 2. The first-order valence-electron chi connectivity index (χ1n) is 9.23. The van der Waals surface area contributed by atoms with Crippen molar-refractivity contribution in [3.8, 4) is 11.5 Å². The highest BCUT2D eigenvalue weighted by Gasteiger charge is 2.29. The highest BCUT2D eigenvalue weighted by Crippen LogP contribution is 2.29. The first kappa shape index (κ1) is 23.1. The molecule has 0 amide bonds. The van der Waals surface area contributed by atoms with E-state index in [2.05, 4.69) is 15.5 Å². The SMILES string of the molecule is CN=CC(=CN)/C(=N/O)C(=N)C(=O)C(Nc1cc(OC)cc(OC)c1)c1ccccc1. The van der Waals surface area contributed by atoms with Crippen LogP contribution < -0.4 is 20.5 Å². The maximum absolute atomic E-state index is 13.3. The Hall–Kier alpha value is -4.14. The van der Waals surface area contributed by atoms with E-state index >= 15 is 0 Å². The molecule has 0 bridgehead atoms. The smallest absolute Gasteiger partial charge is 0.209 e. The minimum Gasteiger partial charge on any atom is -0.497 e. The topological polar surface area (TPSA) is 142 Å². The zero-order valence-electron chi connectivity index (χ0n) is 17.5. The Kier molecular flexibility index (Phi) is 8.32. The number of benzene rings is 2. The number of allylic oxidation sites excluding steroid dienone is 1. The molecule has 0 aliphatic heterocycles. The standard InChI is InChI=1S/C22H25N5O4/c1-25-13-15(12-23)20(27-29)19(24)22(28)21(14-7-5-4-6-8-14)26-16-9-17(30-2)11-18(10-16)31-3/h4-13,21,24,26,29H,23H2,1-3H3/b15-12?,24-19?,25-13?,27-20-. The highest BCUT2D eigenvalue weighted by atomic mass is 16.5. The average Bonchev–Trinajstić information content (AvgIpc) is 2.81. The average molecular weight is 423 g/mol. The molecule has 31 heavy (non-hydrogen) atoms. The molecule has 0 saturated heterocycles. The second-order valence-corrected chi connectivity index (χ2v) is 6.29. The number of methoxy groups -OCH3 is 2. The summed E-state index contributed by atoms with van der Waals surface area (Å²) in [6, 6.07) is 13.0. The van der Waals surface area contributed by atoms with Gasteiger partial charge in [-0.05, 0) is 5.56 Å². The molecule has 162 valence electrons. The summed E-state index contributed by atoms with van der Waals surface area (Å²) in [5, 5.41) is 24.0. The minimum absolute atomic E-state index is 0.137. The molecule has 9 heteroatoms. The summed E-state index contributed by atoms with van der Waals surface area (Å²) < 4.78 is 10.6. The first-order valence-corrected chi connectivity index (χ1v) is 9.23. The van der Waals surface area contributed by atoms with Crippen molar-refractivity contribution < 1.29 is 19.5 Å². The van der Waals surface area contributed by atoms with Crippen LogP contribution in [0, 0.1) is 5.41 Å². The summed E-state index contributed by atoms with van der Waals surface area (Å²) in [5.74, 6) is 0.423. The van der Waals surface area contributed by atoms with Crippen molar-refractivity contribution in [3.05, 3.63) is 65.9 Å². The van der Waals surface area contributed by atoms with Gasteiger partial charge in [-0.15, -0.1) is 0 Å². The predicted octanol–water partition coefficient (Wildman–Crippen LogP) is 2.82. The lowest BCUT2D eigenvalue weighted by atomic mass is 9.95. The van der Waals surface area contributed by atoms with Crippen LogP contribution in [0.25, 0.3) is 0 Å². The van der Waals surface area contributed by atoms with Gasteiger partial charge in [0.25, 0.3) is 0 Å². The molecule has 5 N–H and O–H groups in total. The number of nitrogens with one attached hydrogen (secondary N) is 2. The lowest BCUT2D eigenvalue weighted by Crippen LogP contribution is -2.33. The number of Topliss-reactive ketones (excluding diaryl/α,β-unsaturated/α-hetero) is 1. The van der Waals surface area contributed by atoms with Crippen molar-refractivity contribution in [3.63, 3.8) is 0 Å². The maximum atomic E-state index is 13.3. The van der Waals surface area contributed by atoms with E-state index in [-0.39, 0.29) is 11.3 Å². The molecule has 0 saturated carbocycles. The Morgan fingerprint density at radius 2 is 1.77 bits per heavy atom. The molecule has 1 unspecified atom stereocenters. The second kappa shape index (κ2) is 11.1. The van der Waals surface area contributed by atoms with Gasteiger partial charge < -0.3 is 25.7 Å². The zero-order valence-corrected chi connectivity index (χ0v) is 17.5. The summed E-state index contributed by atoms with van der Waals surface area (Å²) in [6.07, 6.45) is 2.41. The number of anilines is 1. The number of hydrogen-bond acceptors (Lipinski definition) is 9. The third kappa shape index (κ3) is 5.69. The van der Waals surface area contributed by atoms with E-state index < -0.39 is 17.5 Å². The monoisotopic (exact) mass is 423 g/mol. The van der Waals surface area contributed by atoms with E-state index in [1.54, 1.807) is 42.5 Å². The minimum atomic E-state index is -0.958. The lowest BCUT2D eigenvalue weighted by molar-refractivity contribution is -0.113. The van der Waals surface area contributed by atoms with Crippen molar-refractivity contribution >= 4 is 29.1 Å². The van der Waals surface area contributed by atoms with Crippen LogP contribution in [0.15, 0.2) is 70.5 Å².